The number of carbonyl (C=O) groups excluding carboxylic acids is 2. The molecule has 0 saturated carbocycles. The summed E-state index contributed by atoms with van der Waals surface area (Å²) in [6.07, 6.45) is -0.0598. The summed E-state index contributed by atoms with van der Waals surface area (Å²) in [5.74, 6) is -0.733. The van der Waals surface area contributed by atoms with E-state index in [1.54, 1.807) is 19.1 Å². The van der Waals surface area contributed by atoms with Gasteiger partial charge in [0.05, 0.1) is 5.69 Å². The maximum absolute atomic E-state index is 12.1. The Kier molecular flexibility index (Phi) is 4.97. The molecule has 1 N–H and O–H groups in total. The van der Waals surface area contributed by atoms with Gasteiger partial charge in [-0.1, -0.05) is 12.1 Å². The molecule has 0 aliphatic carbocycles. The van der Waals surface area contributed by atoms with Crippen LogP contribution in [0, 0.1) is 13.8 Å². The number of nitrogens with one attached hydrogen (secondary N) is 1. The number of aryl methyl sites for hydroxylation is 3. The molecule has 1 amide bonds. The van der Waals surface area contributed by atoms with Crippen molar-refractivity contribution in [1.82, 2.24) is 5.16 Å². The van der Waals surface area contributed by atoms with Crippen LogP contribution in [0.2, 0.25) is 0 Å². The SMILES string of the molecule is CCc1sc(C(=O)O[C@H](C)C(=O)Nc2cc(C)no2)cc1C. The van der Waals surface area contributed by atoms with Crippen LogP contribution >= 0.6 is 11.3 Å². The van der Waals surface area contributed by atoms with Gasteiger partial charge in [0.2, 0.25) is 5.88 Å². The van der Waals surface area contributed by atoms with Crippen LogP contribution in [-0.4, -0.2) is 23.1 Å². The third-order valence-electron chi connectivity index (χ3n) is 3.07. The summed E-state index contributed by atoms with van der Waals surface area (Å²) in [5, 5.41) is 6.17. The van der Waals surface area contributed by atoms with Gasteiger partial charge in [0, 0.05) is 10.9 Å². The molecule has 7 heteroatoms. The molecule has 0 spiro atoms. The van der Waals surface area contributed by atoms with E-state index >= 15 is 0 Å². The number of amides is 1. The van der Waals surface area contributed by atoms with E-state index in [4.69, 9.17) is 9.26 Å². The van der Waals surface area contributed by atoms with Crippen molar-refractivity contribution < 1.29 is 18.8 Å². The van der Waals surface area contributed by atoms with Crippen molar-refractivity contribution in [2.24, 2.45) is 0 Å². The second kappa shape index (κ2) is 6.74. The van der Waals surface area contributed by atoms with Gasteiger partial charge in [0.1, 0.15) is 4.88 Å². The van der Waals surface area contributed by atoms with Crippen LogP contribution < -0.4 is 5.32 Å². The number of hydrogen-bond donors (Lipinski definition) is 1. The quantitative estimate of drug-likeness (QED) is 0.855. The van der Waals surface area contributed by atoms with Gasteiger partial charge < -0.3 is 9.26 Å². The molecule has 2 aromatic heterocycles. The molecule has 118 valence electrons. The molecule has 0 saturated heterocycles. The van der Waals surface area contributed by atoms with Gasteiger partial charge >= 0.3 is 5.97 Å². The third kappa shape index (κ3) is 3.73. The number of ether oxygens (including phenoxy) is 1. The molecule has 0 bridgehead atoms. The Morgan fingerprint density at radius 3 is 2.68 bits per heavy atom. The topological polar surface area (TPSA) is 81.4 Å². The minimum absolute atomic E-state index is 0.227. The van der Waals surface area contributed by atoms with E-state index < -0.39 is 18.0 Å². The summed E-state index contributed by atoms with van der Waals surface area (Å²) in [6.45, 7) is 7.24. The van der Waals surface area contributed by atoms with Crippen molar-refractivity contribution >= 4 is 29.1 Å². The average molecular weight is 322 g/mol. The highest BCUT2D eigenvalue weighted by atomic mass is 32.1. The van der Waals surface area contributed by atoms with E-state index in [1.165, 1.54) is 18.3 Å². The average Bonchev–Trinajstić information content (AvgIpc) is 3.04. The van der Waals surface area contributed by atoms with Crippen LogP contribution in [-0.2, 0) is 16.0 Å². The van der Waals surface area contributed by atoms with Crippen molar-refractivity contribution in [1.29, 1.82) is 0 Å². The highest BCUT2D eigenvalue weighted by Gasteiger charge is 2.21. The van der Waals surface area contributed by atoms with Gasteiger partial charge in [0.25, 0.3) is 5.91 Å². The number of esters is 1. The molecule has 0 aliphatic rings. The molecular weight excluding hydrogens is 304 g/mol. The van der Waals surface area contributed by atoms with E-state index in [0.29, 0.717) is 10.6 Å². The van der Waals surface area contributed by atoms with Gasteiger partial charge in [-0.05, 0) is 38.8 Å². The molecule has 0 aliphatic heterocycles. The standard InChI is InChI=1S/C15H18N2O4S/c1-5-11-8(2)6-12(22-11)15(19)20-10(4)14(18)16-13-7-9(3)17-21-13/h6-7,10H,5H2,1-4H3,(H,16,18)/t10-/m1/s1. The highest BCUT2D eigenvalue weighted by Crippen LogP contribution is 2.23. The number of hydrogen-bond acceptors (Lipinski definition) is 6. The molecule has 2 heterocycles. The summed E-state index contributed by atoms with van der Waals surface area (Å²) in [7, 11) is 0. The van der Waals surface area contributed by atoms with Crippen LogP contribution in [0.3, 0.4) is 0 Å². The fourth-order valence-electron chi connectivity index (χ4n) is 1.89. The Morgan fingerprint density at radius 1 is 1.41 bits per heavy atom. The number of carbonyl (C=O) groups is 2. The number of nitrogens with zero attached hydrogens (tertiary/aromatic N) is 1. The number of thiophene rings is 1. The van der Waals surface area contributed by atoms with Crippen molar-refractivity contribution in [2.75, 3.05) is 5.32 Å². The Morgan fingerprint density at radius 2 is 2.14 bits per heavy atom. The predicted octanol–water partition coefficient (Wildman–Crippen LogP) is 3.10. The Balaban J connectivity index is 1.96. The molecule has 0 fully saturated rings. The first kappa shape index (κ1) is 16.2. The Hall–Kier alpha value is -2.15. The Labute approximate surface area is 132 Å². The smallest absolute Gasteiger partial charge is 0.349 e. The zero-order valence-corrected chi connectivity index (χ0v) is 13.7. The van der Waals surface area contributed by atoms with Gasteiger partial charge in [-0.3, -0.25) is 10.1 Å². The van der Waals surface area contributed by atoms with Crippen LogP contribution in [0.15, 0.2) is 16.7 Å². The first-order chi connectivity index (χ1) is 10.4. The number of anilines is 1. The van der Waals surface area contributed by atoms with Gasteiger partial charge in [-0.2, -0.15) is 0 Å². The minimum Gasteiger partial charge on any atom is -0.448 e. The van der Waals surface area contributed by atoms with E-state index in [1.807, 2.05) is 13.8 Å². The second-order valence-electron chi connectivity index (χ2n) is 4.94. The summed E-state index contributed by atoms with van der Waals surface area (Å²) >= 11 is 1.39. The molecule has 1 atom stereocenters. The van der Waals surface area contributed by atoms with Crippen LogP contribution in [0.25, 0.3) is 0 Å². The first-order valence-electron chi connectivity index (χ1n) is 6.95. The first-order valence-corrected chi connectivity index (χ1v) is 7.76. The van der Waals surface area contributed by atoms with Crippen molar-refractivity contribution in [3.8, 4) is 0 Å². The summed E-state index contributed by atoms with van der Waals surface area (Å²) in [5.41, 5.74) is 1.72. The lowest BCUT2D eigenvalue weighted by Crippen LogP contribution is -2.29. The van der Waals surface area contributed by atoms with Crippen LogP contribution in [0.5, 0.6) is 0 Å². The highest BCUT2D eigenvalue weighted by molar-refractivity contribution is 7.14. The lowest BCUT2D eigenvalue weighted by atomic mass is 10.2. The Bertz CT molecular complexity index is 690. The van der Waals surface area contributed by atoms with Gasteiger partial charge in [0.15, 0.2) is 6.10 Å². The molecule has 6 nitrogen and oxygen atoms in total. The van der Waals surface area contributed by atoms with Crippen LogP contribution in [0.4, 0.5) is 5.88 Å². The van der Waals surface area contributed by atoms with E-state index in [2.05, 4.69) is 10.5 Å². The normalized spacial score (nSPS) is 12.0. The van der Waals surface area contributed by atoms with Crippen molar-refractivity contribution in [3.05, 3.63) is 33.1 Å². The molecule has 22 heavy (non-hydrogen) atoms. The molecule has 0 radical (unpaired) electrons. The maximum atomic E-state index is 12.1. The fraction of sp³-hybridized carbons (Fsp3) is 0.400. The minimum atomic E-state index is -0.926. The van der Waals surface area contributed by atoms with Crippen molar-refractivity contribution in [2.45, 2.75) is 40.2 Å². The predicted molar refractivity (Wildman–Crippen MR) is 83.2 cm³/mol. The zero-order valence-electron chi connectivity index (χ0n) is 12.9. The second-order valence-corrected chi connectivity index (χ2v) is 6.08. The zero-order chi connectivity index (χ0) is 16.3. The van der Waals surface area contributed by atoms with E-state index in [9.17, 15) is 9.59 Å². The largest absolute Gasteiger partial charge is 0.448 e. The lowest BCUT2D eigenvalue weighted by Gasteiger charge is -2.11. The maximum Gasteiger partial charge on any atom is 0.349 e. The number of aromatic nitrogens is 1. The molecular formula is C15H18N2O4S. The lowest BCUT2D eigenvalue weighted by molar-refractivity contribution is -0.123. The van der Waals surface area contributed by atoms with E-state index in [0.717, 1.165) is 16.9 Å². The van der Waals surface area contributed by atoms with Crippen LogP contribution in [0.1, 0.15) is 39.7 Å². The molecule has 0 unspecified atom stereocenters. The monoisotopic (exact) mass is 322 g/mol. The third-order valence-corrected chi connectivity index (χ3v) is 4.43. The summed E-state index contributed by atoms with van der Waals surface area (Å²) in [4.78, 5) is 25.7. The number of rotatable bonds is 5. The van der Waals surface area contributed by atoms with Gasteiger partial charge in [-0.25, -0.2) is 4.79 Å². The van der Waals surface area contributed by atoms with Gasteiger partial charge in [-0.15, -0.1) is 11.3 Å². The summed E-state index contributed by atoms with van der Waals surface area (Å²) < 4.78 is 10.1. The molecule has 0 aromatic carbocycles. The fourth-order valence-corrected chi connectivity index (χ4v) is 2.89. The van der Waals surface area contributed by atoms with Crippen molar-refractivity contribution in [3.63, 3.8) is 0 Å². The van der Waals surface area contributed by atoms with E-state index in [-0.39, 0.29) is 5.88 Å². The summed E-state index contributed by atoms with van der Waals surface area (Å²) in [6, 6.07) is 3.37. The molecule has 2 rings (SSSR count). The molecule has 2 aromatic rings.